The highest BCUT2D eigenvalue weighted by Gasteiger charge is 2.19. The normalized spacial score (nSPS) is 16.8. The van der Waals surface area contributed by atoms with Gasteiger partial charge in [-0.1, -0.05) is 19.1 Å². The van der Waals surface area contributed by atoms with E-state index in [-0.39, 0.29) is 5.91 Å². The molecule has 21 heavy (non-hydrogen) atoms. The maximum Gasteiger partial charge on any atom is 0.220 e. The second-order valence-corrected chi connectivity index (χ2v) is 5.93. The summed E-state index contributed by atoms with van der Waals surface area (Å²) in [4.78, 5) is 14.5. The van der Waals surface area contributed by atoms with E-state index in [9.17, 15) is 4.79 Å². The fraction of sp³-hybridized carbons (Fsp3) is 0.588. The zero-order valence-corrected chi connectivity index (χ0v) is 13.0. The van der Waals surface area contributed by atoms with E-state index >= 15 is 0 Å². The van der Waals surface area contributed by atoms with Gasteiger partial charge in [0.2, 0.25) is 5.91 Å². The van der Waals surface area contributed by atoms with Gasteiger partial charge in [0.05, 0.1) is 0 Å². The summed E-state index contributed by atoms with van der Waals surface area (Å²) in [5.41, 5.74) is 7.59. The lowest BCUT2D eigenvalue weighted by Crippen LogP contribution is -2.44. The van der Waals surface area contributed by atoms with Crippen LogP contribution in [0.2, 0.25) is 0 Å². The number of anilines is 1. The molecular formula is C17H27N3O. The third-order valence-electron chi connectivity index (χ3n) is 4.11. The molecule has 0 unspecified atom stereocenters. The van der Waals surface area contributed by atoms with Crippen LogP contribution in [0, 0.1) is 0 Å². The molecule has 1 heterocycles. The summed E-state index contributed by atoms with van der Waals surface area (Å²) in [6.07, 6.45) is 4.69. The highest BCUT2D eigenvalue weighted by molar-refractivity contribution is 5.76. The van der Waals surface area contributed by atoms with Crippen molar-refractivity contribution >= 4 is 11.6 Å². The molecule has 2 rings (SSSR count). The molecule has 1 aromatic carbocycles. The van der Waals surface area contributed by atoms with E-state index in [4.69, 9.17) is 5.73 Å². The van der Waals surface area contributed by atoms with Crippen LogP contribution < -0.4 is 11.1 Å². The highest BCUT2D eigenvalue weighted by atomic mass is 16.1. The second kappa shape index (κ2) is 8.03. The molecule has 1 aliphatic rings. The van der Waals surface area contributed by atoms with Crippen LogP contribution in [0.5, 0.6) is 0 Å². The molecule has 1 saturated heterocycles. The van der Waals surface area contributed by atoms with Crippen LogP contribution in [0.4, 0.5) is 5.69 Å². The molecule has 0 aromatic heterocycles. The summed E-state index contributed by atoms with van der Waals surface area (Å²) in [5, 5.41) is 3.17. The Morgan fingerprint density at radius 2 is 1.95 bits per heavy atom. The Balaban J connectivity index is 1.67. The number of likely N-dealkylation sites (tertiary alicyclic amines) is 1. The monoisotopic (exact) mass is 289 g/mol. The smallest absolute Gasteiger partial charge is 0.220 e. The number of carbonyl (C=O) groups excluding carboxylic acids is 1. The van der Waals surface area contributed by atoms with E-state index in [1.54, 1.807) is 0 Å². The van der Waals surface area contributed by atoms with Crippen molar-refractivity contribution in [2.45, 2.75) is 45.1 Å². The van der Waals surface area contributed by atoms with Crippen LogP contribution in [0.1, 0.15) is 38.2 Å². The number of nitrogens with zero attached hydrogens (tertiary/aromatic N) is 1. The number of nitrogens with two attached hydrogens (primary N) is 1. The van der Waals surface area contributed by atoms with E-state index in [0.29, 0.717) is 12.5 Å². The van der Waals surface area contributed by atoms with Crippen LogP contribution >= 0.6 is 0 Å². The van der Waals surface area contributed by atoms with Gasteiger partial charge in [-0.3, -0.25) is 4.79 Å². The quantitative estimate of drug-likeness (QED) is 0.789. The molecule has 1 fully saturated rings. The number of hydrogen-bond donors (Lipinski definition) is 2. The zero-order chi connectivity index (χ0) is 15.1. The standard InChI is InChI=1S/C17H27N3O/c1-2-11-20-12-9-16(10-13-20)19-17(21)8-5-14-3-6-15(18)7-4-14/h3-4,6-7,16H,2,5,8-13,18H2,1H3,(H,19,21). The Labute approximate surface area is 127 Å². The number of piperidine rings is 1. The molecule has 4 nitrogen and oxygen atoms in total. The van der Waals surface area contributed by atoms with E-state index in [2.05, 4.69) is 17.1 Å². The first-order chi connectivity index (χ1) is 10.2. The molecule has 1 aliphatic heterocycles. The first-order valence-electron chi connectivity index (χ1n) is 8.03. The number of carbonyl (C=O) groups is 1. The molecule has 0 radical (unpaired) electrons. The summed E-state index contributed by atoms with van der Waals surface area (Å²) in [6, 6.07) is 8.11. The summed E-state index contributed by atoms with van der Waals surface area (Å²) >= 11 is 0. The molecular weight excluding hydrogens is 262 g/mol. The molecule has 3 N–H and O–H groups in total. The van der Waals surface area contributed by atoms with Gasteiger partial charge in [-0.05, 0) is 49.9 Å². The van der Waals surface area contributed by atoms with Crippen molar-refractivity contribution in [2.24, 2.45) is 0 Å². The first kappa shape index (κ1) is 15.8. The molecule has 0 atom stereocenters. The predicted molar refractivity (Wildman–Crippen MR) is 87.1 cm³/mol. The van der Waals surface area contributed by atoms with Crippen molar-refractivity contribution < 1.29 is 4.79 Å². The van der Waals surface area contributed by atoms with Gasteiger partial charge in [0.25, 0.3) is 0 Å². The SMILES string of the molecule is CCCN1CCC(NC(=O)CCc2ccc(N)cc2)CC1. The van der Waals surface area contributed by atoms with Crippen molar-refractivity contribution in [3.05, 3.63) is 29.8 Å². The first-order valence-corrected chi connectivity index (χ1v) is 8.03. The lowest BCUT2D eigenvalue weighted by Gasteiger charge is -2.32. The molecule has 0 spiro atoms. The Kier molecular flexibility index (Phi) is 6.05. The largest absolute Gasteiger partial charge is 0.399 e. The lowest BCUT2D eigenvalue weighted by molar-refractivity contribution is -0.122. The van der Waals surface area contributed by atoms with Crippen LogP contribution in [-0.2, 0) is 11.2 Å². The van der Waals surface area contributed by atoms with Crippen LogP contribution in [0.15, 0.2) is 24.3 Å². The Hall–Kier alpha value is -1.55. The number of amides is 1. The van der Waals surface area contributed by atoms with Crippen molar-refractivity contribution in [1.29, 1.82) is 0 Å². The number of nitrogens with one attached hydrogen (secondary N) is 1. The van der Waals surface area contributed by atoms with Crippen molar-refractivity contribution in [2.75, 3.05) is 25.4 Å². The van der Waals surface area contributed by atoms with Gasteiger partial charge in [-0.25, -0.2) is 0 Å². The van der Waals surface area contributed by atoms with Gasteiger partial charge in [0.1, 0.15) is 0 Å². The number of benzene rings is 1. The average molecular weight is 289 g/mol. The van der Waals surface area contributed by atoms with Crippen LogP contribution in [0.3, 0.4) is 0 Å². The molecule has 0 bridgehead atoms. The van der Waals surface area contributed by atoms with Gasteiger partial charge < -0.3 is 16.0 Å². The predicted octanol–water partition coefficient (Wildman–Crippen LogP) is 2.19. The van der Waals surface area contributed by atoms with Crippen LogP contribution in [-0.4, -0.2) is 36.5 Å². The molecule has 0 aliphatic carbocycles. The fourth-order valence-corrected chi connectivity index (χ4v) is 2.86. The van der Waals surface area contributed by atoms with Crippen molar-refractivity contribution in [1.82, 2.24) is 10.2 Å². The van der Waals surface area contributed by atoms with E-state index in [1.807, 2.05) is 24.3 Å². The molecule has 1 aromatic rings. The van der Waals surface area contributed by atoms with Gasteiger partial charge in [0.15, 0.2) is 0 Å². The Morgan fingerprint density at radius 1 is 1.29 bits per heavy atom. The molecule has 116 valence electrons. The topological polar surface area (TPSA) is 58.4 Å². The number of rotatable bonds is 6. The van der Waals surface area contributed by atoms with Gasteiger partial charge in [-0.15, -0.1) is 0 Å². The summed E-state index contributed by atoms with van der Waals surface area (Å²) in [6.45, 7) is 5.61. The van der Waals surface area contributed by atoms with Gasteiger partial charge in [0, 0.05) is 31.2 Å². The highest BCUT2D eigenvalue weighted by Crippen LogP contribution is 2.12. The van der Waals surface area contributed by atoms with E-state index < -0.39 is 0 Å². The fourth-order valence-electron chi connectivity index (χ4n) is 2.86. The van der Waals surface area contributed by atoms with E-state index in [0.717, 1.165) is 43.6 Å². The van der Waals surface area contributed by atoms with Gasteiger partial charge in [-0.2, -0.15) is 0 Å². The maximum atomic E-state index is 12.0. The third-order valence-corrected chi connectivity index (χ3v) is 4.11. The summed E-state index contributed by atoms with van der Waals surface area (Å²) in [7, 11) is 0. The molecule has 0 saturated carbocycles. The number of hydrogen-bond acceptors (Lipinski definition) is 3. The minimum atomic E-state index is 0.167. The summed E-state index contributed by atoms with van der Waals surface area (Å²) in [5.74, 6) is 0.167. The third kappa shape index (κ3) is 5.38. The van der Waals surface area contributed by atoms with Gasteiger partial charge >= 0.3 is 0 Å². The maximum absolute atomic E-state index is 12.0. The Bertz CT molecular complexity index is 436. The number of aryl methyl sites for hydroxylation is 1. The minimum absolute atomic E-state index is 0.167. The Morgan fingerprint density at radius 3 is 2.57 bits per heavy atom. The average Bonchev–Trinajstić information content (AvgIpc) is 2.49. The molecule has 1 amide bonds. The lowest BCUT2D eigenvalue weighted by atomic mass is 10.0. The van der Waals surface area contributed by atoms with Crippen LogP contribution in [0.25, 0.3) is 0 Å². The number of nitrogen functional groups attached to an aromatic ring is 1. The second-order valence-electron chi connectivity index (χ2n) is 5.93. The van der Waals surface area contributed by atoms with Crippen molar-refractivity contribution in [3.8, 4) is 0 Å². The zero-order valence-electron chi connectivity index (χ0n) is 13.0. The summed E-state index contributed by atoms with van der Waals surface area (Å²) < 4.78 is 0. The van der Waals surface area contributed by atoms with E-state index in [1.165, 1.54) is 13.0 Å². The van der Waals surface area contributed by atoms with Crippen molar-refractivity contribution in [3.63, 3.8) is 0 Å². The minimum Gasteiger partial charge on any atom is -0.399 e. The molecule has 4 heteroatoms.